The Hall–Kier alpha value is -1.63. The number of aromatic nitrogens is 1. The average molecular weight is 367 g/mol. The first-order chi connectivity index (χ1) is 11.6. The van der Waals surface area contributed by atoms with Crippen molar-refractivity contribution in [2.24, 2.45) is 0 Å². The van der Waals surface area contributed by atoms with Crippen LogP contribution < -0.4 is 4.74 Å². The molecule has 24 heavy (non-hydrogen) atoms. The van der Waals surface area contributed by atoms with Gasteiger partial charge in [0.25, 0.3) is 0 Å². The van der Waals surface area contributed by atoms with Gasteiger partial charge in [0.05, 0.1) is 4.90 Å². The third kappa shape index (κ3) is 4.06. The highest BCUT2D eigenvalue weighted by Crippen LogP contribution is 2.23. The van der Waals surface area contributed by atoms with Crippen molar-refractivity contribution in [1.29, 1.82) is 0 Å². The second kappa shape index (κ2) is 7.51. The molecule has 128 valence electrons. The predicted octanol–water partition coefficient (Wildman–Crippen LogP) is 3.49. The number of benzene rings is 1. The maximum atomic E-state index is 12.6. The van der Waals surface area contributed by atoms with Crippen LogP contribution in [0, 0.1) is 0 Å². The normalized spacial score (nSPS) is 16.0. The maximum absolute atomic E-state index is 12.6. The summed E-state index contributed by atoms with van der Waals surface area (Å²) in [7, 11) is -3.40. The smallest absolute Gasteiger partial charge is 0.243 e. The summed E-state index contributed by atoms with van der Waals surface area (Å²) in [6.07, 6.45) is 4.60. The fourth-order valence-electron chi connectivity index (χ4n) is 2.62. The first-order valence-corrected chi connectivity index (χ1v) is 9.71. The highest BCUT2D eigenvalue weighted by molar-refractivity contribution is 7.89. The Bertz CT molecular complexity index is 770. The summed E-state index contributed by atoms with van der Waals surface area (Å²) in [5.74, 6) is 0.613. The molecule has 1 aromatic heterocycles. The third-order valence-corrected chi connectivity index (χ3v) is 6.11. The van der Waals surface area contributed by atoms with Gasteiger partial charge in [-0.15, -0.1) is 0 Å². The SMILES string of the molecule is O=S(=O)(c1ccc(OCc2ccc(Cl)nc2)cc1)N1CCCCC1. The van der Waals surface area contributed by atoms with E-state index in [0.29, 0.717) is 35.5 Å². The zero-order valence-corrected chi connectivity index (χ0v) is 14.8. The Labute approximate surface area is 147 Å². The number of rotatable bonds is 5. The van der Waals surface area contributed by atoms with E-state index in [1.165, 1.54) is 0 Å². The van der Waals surface area contributed by atoms with Crippen molar-refractivity contribution in [2.75, 3.05) is 13.1 Å². The van der Waals surface area contributed by atoms with Gasteiger partial charge in [-0.2, -0.15) is 4.31 Å². The summed E-state index contributed by atoms with van der Waals surface area (Å²) >= 11 is 5.74. The molecule has 0 N–H and O–H groups in total. The van der Waals surface area contributed by atoms with E-state index in [-0.39, 0.29) is 0 Å². The third-order valence-electron chi connectivity index (χ3n) is 3.97. The number of piperidine rings is 1. The van der Waals surface area contributed by atoms with Crippen LogP contribution in [0.1, 0.15) is 24.8 Å². The van der Waals surface area contributed by atoms with E-state index in [9.17, 15) is 8.42 Å². The summed E-state index contributed by atoms with van der Waals surface area (Å²) in [5.41, 5.74) is 0.893. The number of halogens is 1. The summed E-state index contributed by atoms with van der Waals surface area (Å²) in [6.45, 7) is 1.55. The maximum Gasteiger partial charge on any atom is 0.243 e. The molecule has 0 aliphatic carbocycles. The lowest BCUT2D eigenvalue weighted by atomic mass is 10.2. The molecular formula is C17H19ClN2O3S. The standard InChI is InChI=1S/C17H19ClN2O3S/c18-17-9-4-14(12-19-17)13-23-15-5-7-16(8-6-15)24(21,22)20-10-2-1-3-11-20/h4-9,12H,1-3,10-11,13H2. The Morgan fingerprint density at radius 3 is 2.38 bits per heavy atom. The summed E-state index contributed by atoms with van der Waals surface area (Å²) in [6, 6.07) is 10.1. The van der Waals surface area contributed by atoms with Gasteiger partial charge in [-0.25, -0.2) is 13.4 Å². The van der Waals surface area contributed by atoms with Gasteiger partial charge in [0.2, 0.25) is 10.0 Å². The lowest BCUT2D eigenvalue weighted by molar-refractivity contribution is 0.305. The van der Waals surface area contributed by atoms with E-state index in [1.807, 2.05) is 6.07 Å². The fourth-order valence-corrected chi connectivity index (χ4v) is 4.25. The van der Waals surface area contributed by atoms with Crippen LogP contribution in [0.4, 0.5) is 0 Å². The van der Waals surface area contributed by atoms with Crippen LogP contribution >= 0.6 is 11.6 Å². The van der Waals surface area contributed by atoms with Gasteiger partial charge in [0, 0.05) is 24.8 Å². The van der Waals surface area contributed by atoms with Crippen molar-refractivity contribution in [3.8, 4) is 5.75 Å². The molecule has 2 aromatic rings. The molecular weight excluding hydrogens is 348 g/mol. The van der Waals surface area contributed by atoms with Gasteiger partial charge in [-0.1, -0.05) is 24.1 Å². The van der Waals surface area contributed by atoms with Crippen LogP contribution in [0.2, 0.25) is 5.15 Å². The molecule has 2 heterocycles. The minimum atomic E-state index is -3.40. The van der Waals surface area contributed by atoms with Crippen LogP contribution in [0.25, 0.3) is 0 Å². The first kappa shape index (κ1) is 17.2. The van der Waals surface area contributed by atoms with E-state index in [1.54, 1.807) is 40.8 Å². The number of hydrogen-bond acceptors (Lipinski definition) is 4. The van der Waals surface area contributed by atoms with Crippen LogP contribution in [0.3, 0.4) is 0 Å². The van der Waals surface area contributed by atoms with Crippen molar-refractivity contribution in [1.82, 2.24) is 9.29 Å². The van der Waals surface area contributed by atoms with Gasteiger partial charge in [-0.05, 0) is 43.2 Å². The quantitative estimate of drug-likeness (QED) is 0.760. The number of pyridine rings is 1. The van der Waals surface area contributed by atoms with E-state index >= 15 is 0 Å². The van der Waals surface area contributed by atoms with Crippen molar-refractivity contribution >= 4 is 21.6 Å². The molecule has 1 aliphatic rings. The molecule has 1 fully saturated rings. The molecule has 0 saturated carbocycles. The zero-order valence-electron chi connectivity index (χ0n) is 13.2. The molecule has 0 atom stereocenters. The molecule has 0 amide bonds. The number of sulfonamides is 1. The topological polar surface area (TPSA) is 59.5 Å². The van der Waals surface area contributed by atoms with Gasteiger partial charge in [-0.3, -0.25) is 0 Å². The van der Waals surface area contributed by atoms with Gasteiger partial charge >= 0.3 is 0 Å². The summed E-state index contributed by atoms with van der Waals surface area (Å²) in [4.78, 5) is 4.30. The first-order valence-electron chi connectivity index (χ1n) is 7.89. The minimum absolute atomic E-state index is 0.310. The zero-order chi connectivity index (χ0) is 17.0. The van der Waals surface area contributed by atoms with Crippen LogP contribution in [-0.2, 0) is 16.6 Å². The highest BCUT2D eigenvalue weighted by atomic mass is 35.5. The molecule has 0 spiro atoms. The number of ether oxygens (including phenoxy) is 1. The molecule has 0 unspecified atom stereocenters. The van der Waals surface area contributed by atoms with Crippen molar-refractivity contribution in [3.05, 3.63) is 53.3 Å². The molecule has 0 radical (unpaired) electrons. The highest BCUT2D eigenvalue weighted by Gasteiger charge is 2.25. The van der Waals surface area contributed by atoms with E-state index in [0.717, 1.165) is 24.8 Å². The number of nitrogens with zero attached hydrogens (tertiary/aromatic N) is 2. The minimum Gasteiger partial charge on any atom is -0.489 e. The average Bonchev–Trinajstić information content (AvgIpc) is 2.62. The molecule has 3 rings (SSSR count). The van der Waals surface area contributed by atoms with Crippen molar-refractivity contribution in [3.63, 3.8) is 0 Å². The van der Waals surface area contributed by atoms with Crippen LogP contribution in [0.5, 0.6) is 5.75 Å². The summed E-state index contributed by atoms with van der Waals surface area (Å²) < 4.78 is 32.4. The van der Waals surface area contributed by atoms with Crippen LogP contribution in [-0.4, -0.2) is 30.8 Å². The van der Waals surface area contributed by atoms with E-state index in [2.05, 4.69) is 4.98 Å². The Morgan fingerprint density at radius 1 is 1.04 bits per heavy atom. The Morgan fingerprint density at radius 2 is 1.75 bits per heavy atom. The van der Waals surface area contributed by atoms with E-state index < -0.39 is 10.0 Å². The van der Waals surface area contributed by atoms with Gasteiger partial charge in [0.1, 0.15) is 17.5 Å². The van der Waals surface area contributed by atoms with Gasteiger partial charge in [0.15, 0.2) is 0 Å². The van der Waals surface area contributed by atoms with Crippen molar-refractivity contribution < 1.29 is 13.2 Å². The second-order valence-corrected chi connectivity index (χ2v) is 8.04. The Balaban J connectivity index is 1.65. The monoisotopic (exact) mass is 366 g/mol. The molecule has 1 saturated heterocycles. The second-order valence-electron chi connectivity index (χ2n) is 5.71. The number of hydrogen-bond donors (Lipinski definition) is 0. The lowest BCUT2D eigenvalue weighted by Gasteiger charge is -2.25. The Kier molecular flexibility index (Phi) is 5.38. The molecule has 1 aliphatic heterocycles. The summed E-state index contributed by atoms with van der Waals surface area (Å²) in [5, 5.41) is 0.436. The lowest BCUT2D eigenvalue weighted by Crippen LogP contribution is -2.35. The molecule has 7 heteroatoms. The predicted molar refractivity (Wildman–Crippen MR) is 92.6 cm³/mol. The molecule has 1 aromatic carbocycles. The van der Waals surface area contributed by atoms with E-state index in [4.69, 9.17) is 16.3 Å². The molecule has 0 bridgehead atoms. The van der Waals surface area contributed by atoms with Crippen molar-refractivity contribution in [2.45, 2.75) is 30.8 Å². The largest absolute Gasteiger partial charge is 0.489 e. The molecule has 5 nitrogen and oxygen atoms in total. The van der Waals surface area contributed by atoms with Crippen LogP contribution in [0.15, 0.2) is 47.5 Å². The fraction of sp³-hybridized carbons (Fsp3) is 0.353. The van der Waals surface area contributed by atoms with Gasteiger partial charge < -0.3 is 4.74 Å².